The number of hydrogen-bond donors (Lipinski definition) is 2. The summed E-state index contributed by atoms with van der Waals surface area (Å²) in [5.74, 6) is -0.444. The van der Waals surface area contributed by atoms with E-state index in [9.17, 15) is 9.18 Å². The quantitative estimate of drug-likeness (QED) is 0.892. The lowest BCUT2D eigenvalue weighted by molar-refractivity contribution is -0.115. The van der Waals surface area contributed by atoms with Crippen molar-refractivity contribution in [1.82, 2.24) is 5.32 Å². The molecule has 16 heavy (non-hydrogen) atoms. The molecule has 3 nitrogen and oxygen atoms in total. The Labute approximate surface area is 102 Å². The van der Waals surface area contributed by atoms with E-state index >= 15 is 0 Å². The largest absolute Gasteiger partial charge is 0.324 e. The van der Waals surface area contributed by atoms with Gasteiger partial charge in [-0.1, -0.05) is 0 Å². The van der Waals surface area contributed by atoms with Crippen molar-refractivity contribution in [1.29, 1.82) is 0 Å². The number of nitrogens with one attached hydrogen (secondary N) is 2. The fourth-order valence-electron chi connectivity index (χ4n) is 1.31. The molecule has 1 aromatic rings. The minimum absolute atomic E-state index is 0.112. The molecule has 0 atom stereocenters. The van der Waals surface area contributed by atoms with Crippen LogP contribution in [0.1, 0.15) is 12.8 Å². The lowest BCUT2D eigenvalue weighted by atomic mass is 10.3. The van der Waals surface area contributed by atoms with Gasteiger partial charge in [-0.3, -0.25) is 4.79 Å². The van der Waals surface area contributed by atoms with E-state index < -0.39 is 0 Å². The van der Waals surface area contributed by atoms with Gasteiger partial charge in [0.15, 0.2) is 0 Å². The zero-order valence-electron chi connectivity index (χ0n) is 8.59. The van der Waals surface area contributed by atoms with Gasteiger partial charge in [-0.15, -0.1) is 0 Å². The van der Waals surface area contributed by atoms with E-state index in [2.05, 4.69) is 26.6 Å². The number of benzene rings is 1. The molecule has 86 valence electrons. The summed E-state index contributed by atoms with van der Waals surface area (Å²) in [6.45, 7) is 0.300. The first-order chi connectivity index (χ1) is 7.65. The monoisotopic (exact) mass is 286 g/mol. The Morgan fingerprint density at radius 1 is 1.50 bits per heavy atom. The summed E-state index contributed by atoms with van der Waals surface area (Å²) in [6.07, 6.45) is 2.29. The third kappa shape index (κ3) is 3.28. The highest BCUT2D eigenvalue weighted by atomic mass is 79.9. The number of anilines is 1. The predicted molar refractivity (Wildman–Crippen MR) is 63.8 cm³/mol. The molecular formula is C11H12BrFN2O. The first kappa shape index (κ1) is 11.5. The second-order valence-corrected chi connectivity index (χ2v) is 4.68. The van der Waals surface area contributed by atoms with Gasteiger partial charge < -0.3 is 10.6 Å². The number of halogens is 2. The van der Waals surface area contributed by atoms with Crippen LogP contribution in [0, 0.1) is 5.82 Å². The Kier molecular flexibility index (Phi) is 3.56. The Balaban J connectivity index is 1.89. The highest BCUT2D eigenvalue weighted by Gasteiger charge is 2.21. The Morgan fingerprint density at radius 3 is 2.88 bits per heavy atom. The van der Waals surface area contributed by atoms with Gasteiger partial charge in [-0.05, 0) is 47.0 Å². The van der Waals surface area contributed by atoms with Crippen molar-refractivity contribution in [2.45, 2.75) is 18.9 Å². The topological polar surface area (TPSA) is 41.1 Å². The molecule has 1 fully saturated rings. The lowest BCUT2D eigenvalue weighted by Gasteiger charge is -2.07. The number of hydrogen-bond acceptors (Lipinski definition) is 2. The van der Waals surface area contributed by atoms with Crippen LogP contribution in [-0.4, -0.2) is 18.5 Å². The van der Waals surface area contributed by atoms with Crippen molar-refractivity contribution >= 4 is 27.5 Å². The van der Waals surface area contributed by atoms with Crippen LogP contribution in [0.2, 0.25) is 0 Å². The molecule has 1 aliphatic rings. The second-order valence-electron chi connectivity index (χ2n) is 3.83. The summed E-state index contributed by atoms with van der Waals surface area (Å²) in [7, 11) is 0. The lowest BCUT2D eigenvalue weighted by Crippen LogP contribution is -2.29. The average Bonchev–Trinajstić information content (AvgIpc) is 3.03. The van der Waals surface area contributed by atoms with Crippen LogP contribution in [0.4, 0.5) is 10.1 Å². The highest BCUT2D eigenvalue weighted by Crippen LogP contribution is 2.23. The van der Waals surface area contributed by atoms with Gasteiger partial charge in [-0.25, -0.2) is 4.39 Å². The van der Waals surface area contributed by atoms with E-state index in [-0.39, 0.29) is 11.7 Å². The van der Waals surface area contributed by atoms with Crippen molar-refractivity contribution in [3.8, 4) is 0 Å². The molecule has 0 aliphatic heterocycles. The van der Waals surface area contributed by atoms with Crippen molar-refractivity contribution in [2.24, 2.45) is 0 Å². The van der Waals surface area contributed by atoms with Crippen LogP contribution in [0.15, 0.2) is 22.7 Å². The molecule has 1 aliphatic carbocycles. The Bertz CT molecular complexity index is 407. The Hall–Kier alpha value is -0.940. The molecule has 1 aromatic carbocycles. The third-order valence-corrected chi connectivity index (χ3v) is 2.99. The third-order valence-electron chi connectivity index (χ3n) is 2.33. The van der Waals surface area contributed by atoms with Gasteiger partial charge in [0.2, 0.25) is 5.91 Å². The van der Waals surface area contributed by atoms with Crippen LogP contribution in [0.25, 0.3) is 0 Å². The molecule has 0 radical (unpaired) electrons. The molecule has 2 rings (SSSR count). The van der Waals surface area contributed by atoms with Crippen molar-refractivity contribution in [2.75, 3.05) is 11.9 Å². The smallest absolute Gasteiger partial charge is 0.238 e. The van der Waals surface area contributed by atoms with Crippen molar-refractivity contribution in [3.63, 3.8) is 0 Å². The normalized spacial score (nSPS) is 14.9. The van der Waals surface area contributed by atoms with E-state index in [0.717, 1.165) is 12.8 Å². The number of carbonyl (C=O) groups excluding carboxylic acids is 1. The van der Waals surface area contributed by atoms with Crippen molar-refractivity contribution in [3.05, 3.63) is 28.5 Å². The zero-order valence-corrected chi connectivity index (χ0v) is 10.2. The predicted octanol–water partition coefficient (Wildman–Crippen LogP) is 2.28. The minimum Gasteiger partial charge on any atom is -0.324 e. The van der Waals surface area contributed by atoms with Gasteiger partial charge >= 0.3 is 0 Å². The van der Waals surface area contributed by atoms with E-state index in [1.165, 1.54) is 18.2 Å². The fraction of sp³-hybridized carbons (Fsp3) is 0.364. The van der Waals surface area contributed by atoms with Gasteiger partial charge in [0.25, 0.3) is 0 Å². The summed E-state index contributed by atoms with van der Waals surface area (Å²) >= 11 is 3.19. The van der Waals surface area contributed by atoms with Gasteiger partial charge in [-0.2, -0.15) is 0 Å². The van der Waals surface area contributed by atoms with E-state index in [1.807, 2.05) is 0 Å². The maximum Gasteiger partial charge on any atom is 0.238 e. The standard InChI is InChI=1S/C11H12BrFN2O/c12-9-5-7(13)1-4-10(9)15-11(16)6-14-8-2-3-8/h1,4-5,8,14H,2-3,6H2,(H,15,16). The first-order valence-corrected chi connectivity index (χ1v) is 5.93. The molecule has 1 amide bonds. The SMILES string of the molecule is O=C(CNC1CC1)Nc1ccc(F)cc1Br. The van der Waals surface area contributed by atoms with Gasteiger partial charge in [0, 0.05) is 10.5 Å². The summed E-state index contributed by atoms with van der Waals surface area (Å²) < 4.78 is 13.3. The molecule has 0 spiro atoms. The molecule has 0 unspecified atom stereocenters. The maximum atomic E-state index is 12.8. The molecular weight excluding hydrogens is 275 g/mol. The average molecular weight is 287 g/mol. The summed E-state index contributed by atoms with van der Waals surface area (Å²) in [4.78, 5) is 11.5. The maximum absolute atomic E-state index is 12.8. The molecule has 0 bridgehead atoms. The summed E-state index contributed by atoms with van der Waals surface area (Å²) in [5, 5.41) is 5.81. The minimum atomic E-state index is -0.332. The fourth-order valence-corrected chi connectivity index (χ4v) is 1.76. The molecule has 2 N–H and O–H groups in total. The number of rotatable bonds is 4. The second kappa shape index (κ2) is 4.93. The van der Waals surface area contributed by atoms with Crippen LogP contribution >= 0.6 is 15.9 Å². The highest BCUT2D eigenvalue weighted by molar-refractivity contribution is 9.10. The molecule has 5 heteroatoms. The van der Waals surface area contributed by atoms with Crippen LogP contribution in [0.3, 0.4) is 0 Å². The van der Waals surface area contributed by atoms with Crippen molar-refractivity contribution < 1.29 is 9.18 Å². The molecule has 0 heterocycles. The van der Waals surface area contributed by atoms with Crippen LogP contribution in [-0.2, 0) is 4.79 Å². The Morgan fingerprint density at radius 2 is 2.25 bits per heavy atom. The van der Waals surface area contributed by atoms with E-state index in [1.54, 1.807) is 0 Å². The summed E-state index contributed by atoms with van der Waals surface area (Å²) in [6, 6.07) is 4.68. The van der Waals surface area contributed by atoms with Crippen LogP contribution in [0.5, 0.6) is 0 Å². The molecule has 0 saturated heterocycles. The first-order valence-electron chi connectivity index (χ1n) is 5.13. The van der Waals surface area contributed by atoms with Gasteiger partial charge in [0.05, 0.1) is 12.2 Å². The van der Waals surface area contributed by atoms with E-state index in [0.29, 0.717) is 22.7 Å². The summed E-state index contributed by atoms with van der Waals surface area (Å²) in [5.41, 5.74) is 0.587. The zero-order chi connectivity index (χ0) is 11.5. The van der Waals surface area contributed by atoms with Crippen LogP contribution < -0.4 is 10.6 Å². The number of amides is 1. The van der Waals surface area contributed by atoms with Gasteiger partial charge in [0.1, 0.15) is 5.82 Å². The molecule has 1 saturated carbocycles. The number of carbonyl (C=O) groups is 1. The van der Waals surface area contributed by atoms with E-state index in [4.69, 9.17) is 0 Å². The molecule has 0 aromatic heterocycles.